The smallest absolute Gasteiger partial charge is 0.414 e. The number of hydrogen-bond donors (Lipinski definition) is 0. The third-order valence-corrected chi connectivity index (χ3v) is 13.9. The summed E-state index contributed by atoms with van der Waals surface area (Å²) in [5.41, 5.74) is 11.0. The molecule has 5 aromatic carbocycles. The molecule has 0 saturated heterocycles. The molecule has 338 valence electrons. The summed E-state index contributed by atoms with van der Waals surface area (Å²) in [6.07, 6.45) is 13.7. The molecule has 0 unspecified atom stereocenters. The van der Waals surface area contributed by atoms with Gasteiger partial charge in [0.1, 0.15) is 12.1 Å². The van der Waals surface area contributed by atoms with Crippen LogP contribution in [0.15, 0.2) is 133 Å². The number of hydrogen-bond acceptors (Lipinski definition) is 7. The number of anilines is 1. The molecule has 8 nitrogen and oxygen atoms in total. The zero-order valence-electron chi connectivity index (χ0n) is 39.5. The Bertz CT molecular complexity index is 2790. The molecule has 0 atom stereocenters. The summed E-state index contributed by atoms with van der Waals surface area (Å²) in [6.45, 7) is 19.0. The molecule has 0 saturated carbocycles. The molecule has 0 bridgehead atoms. The van der Waals surface area contributed by atoms with Crippen molar-refractivity contribution < 1.29 is 28.7 Å². The molecular weight excluding hydrogens is 827 g/mol. The van der Waals surface area contributed by atoms with E-state index in [1.807, 2.05) is 27.8 Å². The van der Waals surface area contributed by atoms with Crippen molar-refractivity contribution in [3.05, 3.63) is 155 Å². The van der Waals surface area contributed by atoms with E-state index in [0.717, 1.165) is 85.2 Å². The minimum Gasteiger partial charge on any atom is -0.691 e. The maximum Gasteiger partial charge on any atom is 0.414 e. The average Bonchev–Trinajstić information content (AvgIpc) is 3.80. The van der Waals surface area contributed by atoms with E-state index in [0.29, 0.717) is 5.75 Å². The molecule has 3 aliphatic rings. The number of amides is 1. The van der Waals surface area contributed by atoms with E-state index >= 15 is 0 Å². The minimum atomic E-state index is -0.688. The van der Waals surface area contributed by atoms with Crippen LogP contribution >= 0.6 is 12.0 Å². The summed E-state index contributed by atoms with van der Waals surface area (Å²) in [5.74, 6) is 0.640. The number of rotatable bonds is 15. The van der Waals surface area contributed by atoms with Crippen molar-refractivity contribution in [1.82, 2.24) is 4.90 Å². The Balaban J connectivity index is 1.29. The second-order valence-electron chi connectivity index (χ2n) is 19.5. The van der Waals surface area contributed by atoms with Crippen molar-refractivity contribution in [1.29, 1.82) is 0 Å². The van der Waals surface area contributed by atoms with Gasteiger partial charge in [0.05, 0.1) is 11.1 Å². The van der Waals surface area contributed by atoms with E-state index in [4.69, 9.17) is 4.74 Å². The number of benzene rings is 5. The Labute approximate surface area is 389 Å². The lowest BCUT2D eigenvalue weighted by molar-refractivity contribution is -0.777. The highest BCUT2D eigenvalue weighted by Crippen LogP contribution is 2.52. The van der Waals surface area contributed by atoms with Crippen LogP contribution in [0, 0.1) is 0 Å². The quantitative estimate of drug-likeness (QED) is 0.0341. The highest BCUT2D eigenvalue weighted by molar-refractivity contribution is 7.94. The van der Waals surface area contributed by atoms with Crippen molar-refractivity contribution in [2.24, 2.45) is 0 Å². The van der Waals surface area contributed by atoms with E-state index in [2.05, 4.69) is 175 Å². The van der Waals surface area contributed by atoms with Gasteiger partial charge in [0.15, 0.2) is 5.71 Å². The van der Waals surface area contributed by atoms with Gasteiger partial charge in [0.25, 0.3) is 0 Å². The van der Waals surface area contributed by atoms with Gasteiger partial charge in [0.2, 0.25) is 5.69 Å². The monoisotopic (exact) mass is 889 g/mol. The maximum atomic E-state index is 14.3. The summed E-state index contributed by atoms with van der Waals surface area (Å²) < 4.78 is 13.1. The summed E-state index contributed by atoms with van der Waals surface area (Å²) in [4.78, 5) is 18.5. The van der Waals surface area contributed by atoms with Gasteiger partial charge in [-0.15, -0.1) is 0 Å². The summed E-state index contributed by atoms with van der Waals surface area (Å²) in [5, 5.41) is 19.0. The van der Waals surface area contributed by atoms with Gasteiger partial charge in [-0.05, 0) is 110 Å². The minimum absolute atomic E-state index is 0.288. The molecule has 0 fully saturated rings. The summed E-state index contributed by atoms with van der Waals surface area (Å²) in [6, 6.07) is 34.9. The Morgan fingerprint density at radius 1 is 0.785 bits per heavy atom. The molecule has 2 aliphatic heterocycles. The Kier molecular flexibility index (Phi) is 13.3. The van der Waals surface area contributed by atoms with Crippen LogP contribution in [0.25, 0.3) is 32.7 Å². The number of likely N-dealkylation sites (N-methyl/N-ethyl adjacent to an activating group) is 1. The van der Waals surface area contributed by atoms with E-state index < -0.39 is 11.7 Å². The van der Waals surface area contributed by atoms with Crippen LogP contribution in [0.4, 0.5) is 16.2 Å². The SMILES string of the molecule is CCCCCN1/C(=C/C=C2C(N(C)C(=O)OC(C)(C)C)=C(/C=C/C3=[N+](CCCCSOO[O-])c4ccc5ccccc5c4C3(C)C)c3ccccc3/2)C(C)(C)c2c1ccc1ccccc21. The summed E-state index contributed by atoms with van der Waals surface area (Å²) >= 11 is 1.03. The Morgan fingerprint density at radius 3 is 2.14 bits per heavy atom. The molecule has 0 N–H and O–H groups in total. The maximum absolute atomic E-state index is 14.3. The van der Waals surface area contributed by atoms with Gasteiger partial charge in [-0.1, -0.05) is 119 Å². The number of carbonyl (C=O) groups is 1. The number of fused-ring (bicyclic) bond motifs is 7. The fraction of sp³-hybridized carbons (Fsp3) is 0.357. The number of unbranched alkanes of at least 4 members (excludes halogenated alkanes) is 3. The molecule has 1 aliphatic carbocycles. The molecule has 65 heavy (non-hydrogen) atoms. The van der Waals surface area contributed by atoms with Crippen LogP contribution in [0.1, 0.15) is 110 Å². The molecule has 0 spiro atoms. The van der Waals surface area contributed by atoms with Gasteiger partial charge in [-0.2, -0.15) is 8.91 Å². The van der Waals surface area contributed by atoms with Crippen LogP contribution in [0.3, 0.4) is 0 Å². The van der Waals surface area contributed by atoms with Crippen LogP contribution in [-0.2, 0) is 24.9 Å². The zero-order chi connectivity index (χ0) is 46.1. The van der Waals surface area contributed by atoms with Crippen molar-refractivity contribution in [3.8, 4) is 0 Å². The molecule has 9 heteroatoms. The number of ether oxygens (including phenoxy) is 1. The first kappa shape index (κ1) is 46.1. The first-order valence-corrected chi connectivity index (χ1v) is 24.1. The zero-order valence-corrected chi connectivity index (χ0v) is 40.3. The number of allylic oxidation sites excluding steroid dienone is 7. The van der Waals surface area contributed by atoms with Crippen molar-refractivity contribution >= 4 is 67.9 Å². The Hall–Kier alpha value is -5.45. The second-order valence-corrected chi connectivity index (χ2v) is 20.3. The lowest BCUT2D eigenvalue weighted by Crippen LogP contribution is -2.34. The van der Waals surface area contributed by atoms with Crippen LogP contribution < -0.4 is 10.2 Å². The Morgan fingerprint density at radius 2 is 1.45 bits per heavy atom. The van der Waals surface area contributed by atoms with Crippen molar-refractivity contribution in [2.75, 3.05) is 30.8 Å². The predicted molar refractivity (Wildman–Crippen MR) is 267 cm³/mol. The van der Waals surface area contributed by atoms with Gasteiger partial charge < -0.3 is 14.9 Å². The van der Waals surface area contributed by atoms with Crippen LogP contribution in [0.2, 0.25) is 0 Å². The molecule has 0 aromatic heterocycles. The third-order valence-electron chi connectivity index (χ3n) is 13.3. The molecule has 0 radical (unpaired) electrons. The lowest BCUT2D eigenvalue weighted by atomic mass is 9.79. The van der Waals surface area contributed by atoms with E-state index in [9.17, 15) is 10.1 Å². The normalized spacial score (nSPS) is 17.6. The molecule has 8 rings (SSSR count). The molecular formula is C56H63N3O5S. The van der Waals surface area contributed by atoms with E-state index in [1.165, 1.54) is 55.5 Å². The van der Waals surface area contributed by atoms with Gasteiger partial charge in [-0.25, -0.2) is 4.79 Å². The second kappa shape index (κ2) is 18.8. The van der Waals surface area contributed by atoms with E-state index in [-0.39, 0.29) is 10.8 Å². The molecule has 1 amide bonds. The van der Waals surface area contributed by atoms with Crippen LogP contribution in [-0.4, -0.2) is 52.8 Å². The third kappa shape index (κ3) is 8.84. The topological polar surface area (TPSA) is 77.3 Å². The number of nitrogens with zero attached hydrogens (tertiary/aromatic N) is 3. The summed E-state index contributed by atoms with van der Waals surface area (Å²) in [7, 11) is 1.84. The van der Waals surface area contributed by atoms with Crippen LogP contribution in [0.5, 0.6) is 0 Å². The van der Waals surface area contributed by atoms with Gasteiger partial charge in [-0.3, -0.25) is 9.94 Å². The highest BCUT2D eigenvalue weighted by Gasteiger charge is 2.46. The highest BCUT2D eigenvalue weighted by atomic mass is 32.2. The number of carbonyl (C=O) groups excluding carboxylic acids is 1. The standard InChI is InChI=1S/C56H63N3O5S/c1-10-11-18-35-58-46-31-27-38-21-12-14-23-40(38)50(46)55(5,6)48(58)33-29-44-42-25-16-17-26-43(42)45(52(44)57(9)53(60)62-54(2,3)4)30-34-49-56(7,8)51-41-24-15-13-22-39(41)28-32-47(51)59(49)36-19-20-37-65-64-63-61/h12-17,21-34H,10-11,18-20,35-37H2,1-9H3. The fourth-order valence-corrected chi connectivity index (χ4v) is 10.8. The van der Waals surface area contributed by atoms with Crippen molar-refractivity contribution in [2.45, 2.75) is 104 Å². The molecule has 5 aromatic rings. The van der Waals surface area contributed by atoms with Gasteiger partial charge >= 0.3 is 6.09 Å². The molecule has 2 heterocycles. The largest absolute Gasteiger partial charge is 0.691 e. The first-order chi connectivity index (χ1) is 31.2. The average molecular weight is 890 g/mol. The van der Waals surface area contributed by atoms with Gasteiger partial charge in [0, 0.05) is 83.5 Å². The first-order valence-electron chi connectivity index (χ1n) is 23.2. The predicted octanol–water partition coefficient (Wildman–Crippen LogP) is 13.1. The fourth-order valence-electron chi connectivity index (χ4n) is 10.4. The lowest BCUT2D eigenvalue weighted by Gasteiger charge is -2.28. The van der Waals surface area contributed by atoms with Crippen molar-refractivity contribution in [3.63, 3.8) is 0 Å². The van der Waals surface area contributed by atoms with E-state index in [1.54, 1.807) is 4.90 Å².